The molecule has 1 N–H and O–H groups in total. The van der Waals surface area contributed by atoms with Crippen molar-refractivity contribution in [1.82, 2.24) is 15.0 Å². The fourth-order valence-electron chi connectivity index (χ4n) is 3.83. The van der Waals surface area contributed by atoms with Gasteiger partial charge in [0.25, 0.3) is 5.91 Å². The Morgan fingerprint density at radius 2 is 2.03 bits per heavy atom. The predicted octanol–water partition coefficient (Wildman–Crippen LogP) is 4.41. The molecular formula is C24H26N4O3. The molecule has 7 nitrogen and oxygen atoms in total. The Kier molecular flexibility index (Phi) is 6.11. The molecule has 1 atom stereocenters. The van der Waals surface area contributed by atoms with Gasteiger partial charge in [0.05, 0.1) is 5.92 Å². The zero-order valence-electron chi connectivity index (χ0n) is 17.8. The zero-order chi connectivity index (χ0) is 21.8. The van der Waals surface area contributed by atoms with Crippen molar-refractivity contribution in [2.75, 3.05) is 18.4 Å². The average molecular weight is 418 g/mol. The van der Waals surface area contributed by atoms with Crippen LogP contribution < -0.4 is 5.32 Å². The van der Waals surface area contributed by atoms with Crippen LogP contribution in [0.1, 0.15) is 53.9 Å². The third kappa shape index (κ3) is 4.82. The number of nitrogens with zero attached hydrogens (tertiary/aromatic N) is 3. The molecule has 0 saturated carbocycles. The lowest BCUT2D eigenvalue weighted by Crippen LogP contribution is -2.39. The highest BCUT2D eigenvalue weighted by atomic mass is 16.5. The number of likely N-dealkylation sites (tertiary alicyclic amines) is 1. The van der Waals surface area contributed by atoms with E-state index in [-0.39, 0.29) is 17.7 Å². The molecular weight excluding hydrogens is 392 g/mol. The molecule has 2 amide bonds. The van der Waals surface area contributed by atoms with E-state index in [1.807, 2.05) is 67.3 Å². The lowest BCUT2D eigenvalue weighted by atomic mass is 9.97. The Morgan fingerprint density at radius 1 is 1.19 bits per heavy atom. The van der Waals surface area contributed by atoms with Crippen LogP contribution in [0.5, 0.6) is 0 Å². The van der Waals surface area contributed by atoms with Crippen LogP contribution in [0.2, 0.25) is 0 Å². The molecule has 1 aliphatic heterocycles. The van der Waals surface area contributed by atoms with Crippen molar-refractivity contribution in [3.05, 3.63) is 65.5 Å². The smallest absolute Gasteiger partial charge is 0.253 e. The van der Waals surface area contributed by atoms with Gasteiger partial charge in [-0.2, -0.15) is 4.98 Å². The van der Waals surface area contributed by atoms with Crippen LogP contribution in [-0.2, 0) is 4.79 Å². The van der Waals surface area contributed by atoms with Crippen LogP contribution >= 0.6 is 0 Å². The quantitative estimate of drug-likeness (QED) is 0.663. The van der Waals surface area contributed by atoms with Crippen molar-refractivity contribution in [3.63, 3.8) is 0 Å². The van der Waals surface area contributed by atoms with Crippen LogP contribution in [0.4, 0.5) is 5.69 Å². The molecule has 1 saturated heterocycles. The summed E-state index contributed by atoms with van der Waals surface area (Å²) in [4.78, 5) is 31.0. The monoisotopic (exact) mass is 418 g/mol. The minimum Gasteiger partial charge on any atom is -0.339 e. The summed E-state index contributed by atoms with van der Waals surface area (Å²) >= 11 is 0. The van der Waals surface area contributed by atoms with Crippen LogP contribution in [-0.4, -0.2) is 39.9 Å². The second-order valence-corrected chi connectivity index (χ2v) is 7.90. The highest BCUT2D eigenvalue weighted by molar-refractivity contribution is 5.94. The van der Waals surface area contributed by atoms with Crippen molar-refractivity contribution in [2.24, 2.45) is 0 Å². The van der Waals surface area contributed by atoms with Gasteiger partial charge < -0.3 is 14.7 Å². The Bertz CT molecular complexity index is 1090. The number of rotatable bonds is 5. The average Bonchev–Trinajstić information content (AvgIpc) is 3.29. The van der Waals surface area contributed by atoms with Gasteiger partial charge in [0.1, 0.15) is 0 Å². The SMILES string of the molecule is CCC(=O)Nc1cccc(-c2noc([C@@H]3CCCN(C(=O)c4cccc(C)c4)C3)n2)c1. The predicted molar refractivity (Wildman–Crippen MR) is 118 cm³/mol. The van der Waals surface area contributed by atoms with E-state index in [1.165, 1.54) is 0 Å². The standard InChI is InChI=1S/C24H26N4O3/c1-3-21(29)25-20-11-5-8-17(14-20)22-26-23(31-27-22)19-10-6-12-28(15-19)24(30)18-9-4-7-16(2)13-18/h4-5,7-9,11,13-14,19H,3,6,10,12,15H2,1-2H3,(H,25,29)/t19-/m1/s1. The van der Waals surface area contributed by atoms with E-state index in [2.05, 4.69) is 15.5 Å². The number of amides is 2. The molecule has 0 unspecified atom stereocenters. The van der Waals surface area contributed by atoms with Crippen LogP contribution in [0, 0.1) is 6.92 Å². The van der Waals surface area contributed by atoms with E-state index in [9.17, 15) is 9.59 Å². The number of nitrogens with one attached hydrogen (secondary N) is 1. The van der Waals surface area contributed by atoms with Crippen molar-refractivity contribution >= 4 is 17.5 Å². The van der Waals surface area contributed by atoms with Gasteiger partial charge in [0.2, 0.25) is 17.6 Å². The van der Waals surface area contributed by atoms with Crippen LogP contribution in [0.15, 0.2) is 53.1 Å². The van der Waals surface area contributed by atoms with E-state index in [0.717, 1.165) is 30.5 Å². The summed E-state index contributed by atoms with van der Waals surface area (Å²) in [5.74, 6) is 1.01. The third-order valence-corrected chi connectivity index (χ3v) is 5.49. The van der Waals surface area contributed by atoms with E-state index in [0.29, 0.717) is 35.9 Å². The molecule has 0 aliphatic carbocycles. The fourth-order valence-corrected chi connectivity index (χ4v) is 3.83. The molecule has 2 heterocycles. The summed E-state index contributed by atoms with van der Waals surface area (Å²) in [7, 11) is 0. The van der Waals surface area contributed by atoms with Gasteiger partial charge in [-0.15, -0.1) is 0 Å². The molecule has 0 spiro atoms. The first kappa shape index (κ1) is 20.8. The molecule has 0 radical (unpaired) electrons. The number of carbonyl (C=O) groups excluding carboxylic acids is 2. The number of aromatic nitrogens is 2. The summed E-state index contributed by atoms with van der Waals surface area (Å²) in [6.45, 7) is 5.07. The highest BCUT2D eigenvalue weighted by Crippen LogP contribution is 2.29. The van der Waals surface area contributed by atoms with E-state index >= 15 is 0 Å². The Balaban J connectivity index is 1.48. The van der Waals surface area contributed by atoms with Gasteiger partial charge in [-0.05, 0) is 44.0 Å². The lowest BCUT2D eigenvalue weighted by molar-refractivity contribution is -0.115. The normalized spacial score (nSPS) is 16.2. The fraction of sp³-hybridized carbons (Fsp3) is 0.333. The van der Waals surface area contributed by atoms with E-state index in [4.69, 9.17) is 4.52 Å². The van der Waals surface area contributed by atoms with Crippen molar-refractivity contribution in [1.29, 1.82) is 0 Å². The number of hydrogen-bond acceptors (Lipinski definition) is 5. The number of anilines is 1. The summed E-state index contributed by atoms with van der Waals surface area (Å²) in [6, 6.07) is 15.0. The first-order valence-corrected chi connectivity index (χ1v) is 10.6. The minimum absolute atomic E-state index is 0.00624. The summed E-state index contributed by atoms with van der Waals surface area (Å²) in [5, 5.41) is 6.98. The maximum atomic E-state index is 12.9. The van der Waals surface area contributed by atoms with Gasteiger partial charge in [0, 0.05) is 36.3 Å². The summed E-state index contributed by atoms with van der Waals surface area (Å²) in [6.07, 6.45) is 2.19. The first-order chi connectivity index (χ1) is 15.0. The molecule has 3 aromatic rings. The maximum absolute atomic E-state index is 12.9. The first-order valence-electron chi connectivity index (χ1n) is 10.6. The summed E-state index contributed by atoms with van der Waals surface area (Å²) < 4.78 is 5.57. The molecule has 1 fully saturated rings. The van der Waals surface area contributed by atoms with E-state index < -0.39 is 0 Å². The zero-order valence-corrected chi connectivity index (χ0v) is 17.8. The number of aryl methyl sites for hydroxylation is 1. The molecule has 0 bridgehead atoms. The molecule has 160 valence electrons. The largest absolute Gasteiger partial charge is 0.339 e. The Morgan fingerprint density at radius 3 is 2.84 bits per heavy atom. The summed E-state index contributed by atoms with van der Waals surface area (Å²) in [5.41, 5.74) is 3.24. The number of piperidine rings is 1. The molecule has 7 heteroatoms. The molecule has 1 aromatic heterocycles. The second-order valence-electron chi connectivity index (χ2n) is 7.90. The third-order valence-electron chi connectivity index (χ3n) is 5.49. The van der Waals surface area contributed by atoms with Gasteiger partial charge in [-0.25, -0.2) is 0 Å². The van der Waals surface area contributed by atoms with Crippen molar-refractivity contribution in [2.45, 2.75) is 39.0 Å². The van der Waals surface area contributed by atoms with Crippen molar-refractivity contribution < 1.29 is 14.1 Å². The number of benzene rings is 2. The highest BCUT2D eigenvalue weighted by Gasteiger charge is 2.29. The van der Waals surface area contributed by atoms with Crippen LogP contribution in [0.25, 0.3) is 11.4 Å². The van der Waals surface area contributed by atoms with E-state index in [1.54, 1.807) is 0 Å². The van der Waals surface area contributed by atoms with Gasteiger partial charge in [-0.1, -0.05) is 41.9 Å². The second kappa shape index (κ2) is 9.12. The topological polar surface area (TPSA) is 88.3 Å². The Labute approximate surface area is 181 Å². The van der Waals surface area contributed by atoms with Gasteiger partial charge in [0.15, 0.2) is 0 Å². The van der Waals surface area contributed by atoms with Crippen LogP contribution in [0.3, 0.4) is 0 Å². The molecule has 4 rings (SSSR count). The molecule has 31 heavy (non-hydrogen) atoms. The van der Waals surface area contributed by atoms with Gasteiger partial charge >= 0.3 is 0 Å². The minimum atomic E-state index is -0.0495. The number of carbonyl (C=O) groups is 2. The molecule has 2 aromatic carbocycles. The maximum Gasteiger partial charge on any atom is 0.253 e. The Hall–Kier alpha value is -3.48. The lowest BCUT2D eigenvalue weighted by Gasteiger charge is -2.31. The molecule has 1 aliphatic rings. The number of hydrogen-bond donors (Lipinski definition) is 1. The van der Waals surface area contributed by atoms with Gasteiger partial charge in [-0.3, -0.25) is 9.59 Å². The van der Waals surface area contributed by atoms with Crippen molar-refractivity contribution in [3.8, 4) is 11.4 Å².